The number of nitrogens with zero attached hydrogens (tertiary/aromatic N) is 2. The summed E-state index contributed by atoms with van der Waals surface area (Å²) in [6.07, 6.45) is 6.65. The first-order valence-corrected chi connectivity index (χ1v) is 8.70. The molecule has 2 aromatic rings. The maximum atomic E-state index is 6.40. The zero-order valence-electron chi connectivity index (χ0n) is 12.3. The molecule has 0 amide bonds. The van der Waals surface area contributed by atoms with Gasteiger partial charge in [0.2, 0.25) is 0 Å². The highest BCUT2D eigenvalue weighted by atomic mass is 35.5. The fourth-order valence-electron chi connectivity index (χ4n) is 2.86. The lowest BCUT2D eigenvalue weighted by atomic mass is 9.87. The largest absolute Gasteiger partial charge is 0.380 e. The lowest BCUT2D eigenvalue weighted by Crippen LogP contribution is -2.35. The molecule has 1 atom stereocenters. The number of rotatable bonds is 3. The molecule has 0 aliphatic carbocycles. The number of nitrogens with one attached hydrogen (secondary N) is 1. The van der Waals surface area contributed by atoms with Gasteiger partial charge < -0.3 is 9.88 Å². The molecule has 1 aliphatic rings. The van der Waals surface area contributed by atoms with Crippen molar-refractivity contribution in [2.75, 3.05) is 16.8 Å². The molecule has 1 unspecified atom stereocenters. The SMILES string of the molecule is CC1(C)CSCC(Nc2cccc(Cl)c2-n2ccnc2)C1. The van der Waals surface area contributed by atoms with Gasteiger partial charge in [0.25, 0.3) is 0 Å². The number of imidazole rings is 1. The average molecular weight is 322 g/mol. The van der Waals surface area contributed by atoms with E-state index in [2.05, 4.69) is 30.2 Å². The van der Waals surface area contributed by atoms with E-state index in [1.807, 2.05) is 34.7 Å². The summed E-state index contributed by atoms with van der Waals surface area (Å²) in [5.74, 6) is 2.37. The van der Waals surface area contributed by atoms with E-state index in [0.29, 0.717) is 11.5 Å². The summed E-state index contributed by atoms with van der Waals surface area (Å²) in [6, 6.07) is 6.47. The summed E-state index contributed by atoms with van der Waals surface area (Å²) in [6.45, 7) is 4.67. The van der Waals surface area contributed by atoms with E-state index in [9.17, 15) is 0 Å². The molecule has 0 saturated carbocycles. The Labute approximate surface area is 135 Å². The molecule has 112 valence electrons. The predicted molar refractivity (Wildman–Crippen MR) is 91.7 cm³/mol. The van der Waals surface area contributed by atoms with Crippen molar-refractivity contribution in [3.63, 3.8) is 0 Å². The number of benzene rings is 1. The van der Waals surface area contributed by atoms with E-state index >= 15 is 0 Å². The van der Waals surface area contributed by atoms with Crippen molar-refractivity contribution in [1.29, 1.82) is 0 Å². The fraction of sp³-hybridized carbons (Fsp3) is 0.438. The molecule has 3 nitrogen and oxygen atoms in total. The van der Waals surface area contributed by atoms with Crippen LogP contribution in [0.2, 0.25) is 5.02 Å². The molecule has 21 heavy (non-hydrogen) atoms. The Bertz CT molecular complexity index is 610. The van der Waals surface area contributed by atoms with Crippen molar-refractivity contribution in [3.05, 3.63) is 41.9 Å². The molecule has 0 radical (unpaired) electrons. The van der Waals surface area contributed by atoms with Gasteiger partial charge >= 0.3 is 0 Å². The van der Waals surface area contributed by atoms with E-state index in [1.165, 1.54) is 12.2 Å². The Morgan fingerprint density at radius 1 is 1.43 bits per heavy atom. The van der Waals surface area contributed by atoms with Crippen LogP contribution in [0.15, 0.2) is 36.9 Å². The summed E-state index contributed by atoms with van der Waals surface area (Å²) < 4.78 is 1.96. The van der Waals surface area contributed by atoms with Gasteiger partial charge in [0.15, 0.2) is 0 Å². The van der Waals surface area contributed by atoms with Gasteiger partial charge in [-0.2, -0.15) is 11.8 Å². The van der Waals surface area contributed by atoms with Crippen LogP contribution >= 0.6 is 23.4 Å². The number of aromatic nitrogens is 2. The van der Waals surface area contributed by atoms with E-state index in [0.717, 1.165) is 22.2 Å². The van der Waals surface area contributed by atoms with Gasteiger partial charge in [-0.3, -0.25) is 0 Å². The fourth-order valence-corrected chi connectivity index (χ4v) is 4.41. The third-order valence-corrected chi connectivity index (χ3v) is 5.65. The second-order valence-electron chi connectivity index (χ2n) is 6.33. The van der Waals surface area contributed by atoms with Crippen molar-refractivity contribution >= 4 is 29.1 Å². The normalized spacial score (nSPS) is 21.2. The zero-order valence-corrected chi connectivity index (χ0v) is 13.9. The number of hydrogen-bond donors (Lipinski definition) is 1. The molecule has 1 fully saturated rings. The van der Waals surface area contributed by atoms with E-state index in [1.54, 1.807) is 12.5 Å². The van der Waals surface area contributed by atoms with Crippen LogP contribution in [-0.2, 0) is 0 Å². The minimum atomic E-state index is 0.383. The van der Waals surface area contributed by atoms with Crippen LogP contribution in [0.1, 0.15) is 20.3 Å². The first-order valence-electron chi connectivity index (χ1n) is 7.16. The van der Waals surface area contributed by atoms with Gasteiger partial charge in [-0.05, 0) is 29.7 Å². The Balaban J connectivity index is 1.87. The molecule has 5 heteroatoms. The van der Waals surface area contributed by atoms with Gasteiger partial charge in [-0.15, -0.1) is 0 Å². The molecule has 1 aromatic carbocycles. The number of para-hydroxylation sites is 1. The first kappa shape index (κ1) is 14.8. The lowest BCUT2D eigenvalue weighted by molar-refractivity contribution is 0.358. The zero-order chi connectivity index (χ0) is 14.9. The summed E-state index contributed by atoms with van der Waals surface area (Å²) in [4.78, 5) is 4.12. The second kappa shape index (κ2) is 5.93. The molecular weight excluding hydrogens is 302 g/mol. The average Bonchev–Trinajstić information content (AvgIpc) is 2.91. The van der Waals surface area contributed by atoms with Crippen LogP contribution in [0.25, 0.3) is 5.69 Å². The highest BCUT2D eigenvalue weighted by Crippen LogP contribution is 2.36. The summed E-state index contributed by atoms with van der Waals surface area (Å²) in [5.41, 5.74) is 2.43. The van der Waals surface area contributed by atoms with Crippen LogP contribution < -0.4 is 5.32 Å². The Morgan fingerprint density at radius 3 is 3.00 bits per heavy atom. The minimum Gasteiger partial charge on any atom is -0.380 e. The third kappa shape index (κ3) is 3.38. The topological polar surface area (TPSA) is 29.9 Å². The van der Waals surface area contributed by atoms with Gasteiger partial charge in [-0.25, -0.2) is 4.98 Å². The maximum Gasteiger partial charge on any atom is 0.0992 e. The van der Waals surface area contributed by atoms with Crippen molar-refractivity contribution in [2.45, 2.75) is 26.3 Å². The lowest BCUT2D eigenvalue weighted by Gasteiger charge is -2.36. The Hall–Kier alpha value is -1.13. The molecule has 1 N–H and O–H groups in total. The van der Waals surface area contributed by atoms with Crippen molar-refractivity contribution in [1.82, 2.24) is 9.55 Å². The van der Waals surface area contributed by atoms with Gasteiger partial charge in [0, 0.05) is 24.2 Å². The molecule has 1 saturated heterocycles. The molecule has 3 rings (SSSR count). The van der Waals surface area contributed by atoms with Gasteiger partial charge in [-0.1, -0.05) is 31.5 Å². The Kier molecular flexibility index (Phi) is 4.18. The van der Waals surface area contributed by atoms with Crippen LogP contribution in [0.3, 0.4) is 0 Å². The van der Waals surface area contributed by atoms with Gasteiger partial charge in [0.05, 0.1) is 22.7 Å². The third-order valence-electron chi connectivity index (χ3n) is 3.72. The maximum absolute atomic E-state index is 6.40. The summed E-state index contributed by atoms with van der Waals surface area (Å²) >= 11 is 8.42. The predicted octanol–water partition coefficient (Wildman–Crippen LogP) is 4.47. The van der Waals surface area contributed by atoms with E-state index in [4.69, 9.17) is 11.6 Å². The smallest absolute Gasteiger partial charge is 0.0992 e. The second-order valence-corrected chi connectivity index (χ2v) is 7.77. The monoisotopic (exact) mass is 321 g/mol. The van der Waals surface area contributed by atoms with Crippen LogP contribution in [0.5, 0.6) is 0 Å². The highest BCUT2D eigenvalue weighted by molar-refractivity contribution is 7.99. The van der Waals surface area contributed by atoms with Gasteiger partial charge in [0.1, 0.15) is 0 Å². The number of anilines is 1. The molecule has 0 bridgehead atoms. The number of thioether (sulfide) groups is 1. The van der Waals surface area contributed by atoms with Crippen molar-refractivity contribution in [3.8, 4) is 5.69 Å². The first-order chi connectivity index (χ1) is 10.1. The van der Waals surface area contributed by atoms with Crippen LogP contribution in [0.4, 0.5) is 5.69 Å². The quantitative estimate of drug-likeness (QED) is 0.904. The molecule has 0 spiro atoms. The molecule has 2 heterocycles. The molecule has 1 aliphatic heterocycles. The van der Waals surface area contributed by atoms with Crippen molar-refractivity contribution in [2.24, 2.45) is 5.41 Å². The van der Waals surface area contributed by atoms with Crippen molar-refractivity contribution < 1.29 is 0 Å². The summed E-state index contributed by atoms with van der Waals surface area (Å²) in [7, 11) is 0. The number of halogens is 1. The van der Waals surface area contributed by atoms with E-state index < -0.39 is 0 Å². The van der Waals surface area contributed by atoms with Crippen LogP contribution in [-0.4, -0.2) is 27.1 Å². The standard InChI is InChI=1S/C16H20ClN3S/c1-16(2)8-12(9-21-10-16)19-14-5-3-4-13(17)15(14)20-7-6-18-11-20/h3-7,11-12,19H,8-10H2,1-2H3. The number of hydrogen-bond acceptors (Lipinski definition) is 3. The summed E-state index contributed by atoms with van der Waals surface area (Å²) in [5, 5.41) is 4.42. The Morgan fingerprint density at radius 2 is 2.29 bits per heavy atom. The molecular formula is C16H20ClN3S. The highest BCUT2D eigenvalue weighted by Gasteiger charge is 2.28. The van der Waals surface area contributed by atoms with Crippen LogP contribution in [0, 0.1) is 5.41 Å². The minimum absolute atomic E-state index is 0.383. The molecule has 1 aromatic heterocycles. The van der Waals surface area contributed by atoms with E-state index in [-0.39, 0.29) is 0 Å².